The molecule has 1 aromatic rings. The molecule has 0 aromatic carbocycles. The lowest BCUT2D eigenvalue weighted by Crippen LogP contribution is -2.44. The molecule has 2 heterocycles. The molecule has 0 saturated carbocycles. The first-order valence-corrected chi connectivity index (χ1v) is 5.79. The van der Waals surface area contributed by atoms with E-state index in [-0.39, 0.29) is 0 Å². The molecule has 2 heteroatoms. The second-order valence-electron chi connectivity index (χ2n) is 5.00. The van der Waals surface area contributed by atoms with Gasteiger partial charge in [-0.2, -0.15) is 0 Å². The van der Waals surface area contributed by atoms with E-state index in [1.807, 2.05) is 0 Å². The molecule has 1 aromatic heterocycles. The van der Waals surface area contributed by atoms with Gasteiger partial charge >= 0.3 is 0 Å². The Bertz CT molecular complexity index is 327. The van der Waals surface area contributed by atoms with Crippen molar-refractivity contribution in [1.82, 2.24) is 9.88 Å². The Balaban J connectivity index is 1.99. The molecule has 1 aliphatic heterocycles. The predicted octanol–water partition coefficient (Wildman–Crippen LogP) is 2.31. The van der Waals surface area contributed by atoms with Gasteiger partial charge in [0.25, 0.3) is 0 Å². The average molecular weight is 204 g/mol. The number of rotatable bonds is 3. The molecule has 0 amide bonds. The highest BCUT2D eigenvalue weighted by molar-refractivity contribution is 5.14. The lowest BCUT2D eigenvalue weighted by Gasteiger charge is -2.36. The molecule has 1 saturated heterocycles. The second-order valence-corrected chi connectivity index (χ2v) is 5.00. The van der Waals surface area contributed by atoms with Crippen molar-refractivity contribution >= 4 is 0 Å². The van der Waals surface area contributed by atoms with Crippen molar-refractivity contribution in [3.05, 3.63) is 29.6 Å². The Hall–Kier alpha value is -0.890. The van der Waals surface area contributed by atoms with E-state index in [4.69, 9.17) is 4.98 Å². The number of nitrogens with zero attached hydrogens (tertiary/aromatic N) is 2. The highest BCUT2D eigenvalue weighted by Crippen LogP contribution is 2.19. The van der Waals surface area contributed by atoms with Gasteiger partial charge in [-0.05, 0) is 37.4 Å². The summed E-state index contributed by atoms with van der Waals surface area (Å²) in [6, 6.07) is 6.42. The van der Waals surface area contributed by atoms with E-state index in [2.05, 4.69) is 44.0 Å². The summed E-state index contributed by atoms with van der Waals surface area (Å²) in [5.41, 5.74) is 2.49. The minimum atomic E-state index is 0.536. The Labute approximate surface area is 92.3 Å². The van der Waals surface area contributed by atoms with E-state index < -0.39 is 0 Å². The van der Waals surface area contributed by atoms with E-state index in [0.29, 0.717) is 5.92 Å². The van der Waals surface area contributed by atoms with Crippen LogP contribution in [0.15, 0.2) is 18.2 Å². The van der Waals surface area contributed by atoms with Gasteiger partial charge in [-0.15, -0.1) is 0 Å². The number of likely N-dealkylation sites (tertiary alicyclic amines) is 1. The van der Waals surface area contributed by atoms with E-state index in [1.165, 1.54) is 24.5 Å². The van der Waals surface area contributed by atoms with Gasteiger partial charge in [0, 0.05) is 24.5 Å². The molecule has 1 aliphatic rings. The second kappa shape index (κ2) is 4.31. The molecule has 0 unspecified atom stereocenters. The summed E-state index contributed by atoms with van der Waals surface area (Å²) in [5.74, 6) is 1.36. The first kappa shape index (κ1) is 10.6. The number of aromatic nitrogens is 1. The fourth-order valence-corrected chi connectivity index (χ4v) is 2.19. The van der Waals surface area contributed by atoms with Gasteiger partial charge < -0.3 is 4.90 Å². The Morgan fingerprint density at radius 2 is 2.13 bits per heavy atom. The van der Waals surface area contributed by atoms with Gasteiger partial charge in [0.1, 0.15) is 0 Å². The molecule has 82 valence electrons. The molecule has 0 bridgehead atoms. The Morgan fingerprint density at radius 3 is 2.73 bits per heavy atom. The molecular formula is C13H20N2. The first-order valence-electron chi connectivity index (χ1n) is 5.79. The van der Waals surface area contributed by atoms with Gasteiger partial charge in [0.2, 0.25) is 0 Å². The average Bonchev–Trinajstić information content (AvgIpc) is 2.16. The summed E-state index contributed by atoms with van der Waals surface area (Å²) in [4.78, 5) is 7.06. The van der Waals surface area contributed by atoms with Crippen LogP contribution in [-0.2, 0) is 6.42 Å². The fraction of sp³-hybridized carbons (Fsp3) is 0.615. The highest BCUT2D eigenvalue weighted by atomic mass is 15.2. The Morgan fingerprint density at radius 1 is 1.40 bits per heavy atom. The van der Waals surface area contributed by atoms with Crippen molar-refractivity contribution in [2.75, 3.05) is 20.1 Å². The van der Waals surface area contributed by atoms with Gasteiger partial charge in [-0.25, -0.2) is 0 Å². The maximum absolute atomic E-state index is 4.70. The normalized spacial score (nSPS) is 18.1. The molecule has 0 spiro atoms. The quantitative estimate of drug-likeness (QED) is 0.751. The third-order valence-corrected chi connectivity index (χ3v) is 3.06. The molecule has 15 heavy (non-hydrogen) atoms. The fourth-order valence-electron chi connectivity index (χ4n) is 2.19. The highest BCUT2D eigenvalue weighted by Gasteiger charge is 2.23. The molecule has 0 N–H and O–H groups in total. The first-order chi connectivity index (χ1) is 7.15. The van der Waals surface area contributed by atoms with Crippen molar-refractivity contribution in [3.8, 4) is 0 Å². The predicted molar refractivity (Wildman–Crippen MR) is 63.0 cm³/mol. The van der Waals surface area contributed by atoms with Gasteiger partial charge in [-0.3, -0.25) is 4.98 Å². The maximum atomic E-state index is 4.70. The van der Waals surface area contributed by atoms with Crippen LogP contribution >= 0.6 is 0 Å². The molecule has 2 nitrogen and oxygen atoms in total. The summed E-state index contributed by atoms with van der Waals surface area (Å²) in [6.45, 7) is 6.85. The minimum absolute atomic E-state index is 0.536. The number of pyridine rings is 1. The van der Waals surface area contributed by atoms with Crippen LogP contribution in [0.3, 0.4) is 0 Å². The standard InChI is InChI=1S/C13H20N2/c1-10(2)13-6-4-5-12(14-13)7-11-8-15(3)9-11/h4-6,10-11H,7-9H2,1-3H3. The molecule has 0 aliphatic carbocycles. The Kier molecular flexibility index (Phi) is 3.06. The SMILES string of the molecule is CC(C)c1cccc(CC2CN(C)C2)n1. The number of hydrogen-bond donors (Lipinski definition) is 0. The van der Waals surface area contributed by atoms with Crippen molar-refractivity contribution in [2.45, 2.75) is 26.2 Å². The van der Waals surface area contributed by atoms with Crippen molar-refractivity contribution in [1.29, 1.82) is 0 Å². The van der Waals surface area contributed by atoms with Crippen LogP contribution in [-0.4, -0.2) is 30.0 Å². The lowest BCUT2D eigenvalue weighted by molar-refractivity contribution is 0.134. The zero-order chi connectivity index (χ0) is 10.8. The molecule has 0 radical (unpaired) electrons. The lowest BCUT2D eigenvalue weighted by atomic mass is 9.95. The van der Waals surface area contributed by atoms with Crippen LogP contribution in [0.5, 0.6) is 0 Å². The van der Waals surface area contributed by atoms with Crippen molar-refractivity contribution < 1.29 is 0 Å². The van der Waals surface area contributed by atoms with Gasteiger partial charge in [0.15, 0.2) is 0 Å². The van der Waals surface area contributed by atoms with E-state index in [0.717, 1.165) is 12.3 Å². The van der Waals surface area contributed by atoms with Gasteiger partial charge in [0.05, 0.1) is 0 Å². The van der Waals surface area contributed by atoms with Crippen molar-refractivity contribution in [2.24, 2.45) is 5.92 Å². The summed E-state index contributed by atoms with van der Waals surface area (Å²) in [6.07, 6.45) is 1.14. The zero-order valence-electron chi connectivity index (χ0n) is 9.90. The molecule has 2 rings (SSSR count). The van der Waals surface area contributed by atoms with Crippen LogP contribution < -0.4 is 0 Å². The molecular weight excluding hydrogens is 184 g/mol. The van der Waals surface area contributed by atoms with Crippen LogP contribution in [0.2, 0.25) is 0 Å². The summed E-state index contributed by atoms with van der Waals surface area (Å²) in [7, 11) is 2.18. The minimum Gasteiger partial charge on any atom is -0.306 e. The third-order valence-electron chi connectivity index (χ3n) is 3.06. The summed E-state index contributed by atoms with van der Waals surface area (Å²) >= 11 is 0. The summed E-state index contributed by atoms with van der Waals surface area (Å²) in [5, 5.41) is 0. The van der Waals surface area contributed by atoms with E-state index >= 15 is 0 Å². The third kappa shape index (κ3) is 2.57. The van der Waals surface area contributed by atoms with Crippen LogP contribution in [0.1, 0.15) is 31.2 Å². The monoisotopic (exact) mass is 204 g/mol. The van der Waals surface area contributed by atoms with E-state index in [9.17, 15) is 0 Å². The number of hydrogen-bond acceptors (Lipinski definition) is 2. The van der Waals surface area contributed by atoms with Crippen LogP contribution in [0.25, 0.3) is 0 Å². The van der Waals surface area contributed by atoms with Crippen LogP contribution in [0.4, 0.5) is 0 Å². The smallest absolute Gasteiger partial charge is 0.0432 e. The maximum Gasteiger partial charge on any atom is 0.0432 e. The van der Waals surface area contributed by atoms with Crippen LogP contribution in [0, 0.1) is 5.92 Å². The molecule has 0 atom stereocenters. The van der Waals surface area contributed by atoms with Crippen molar-refractivity contribution in [3.63, 3.8) is 0 Å². The van der Waals surface area contributed by atoms with E-state index in [1.54, 1.807) is 0 Å². The molecule has 1 fully saturated rings. The summed E-state index contributed by atoms with van der Waals surface area (Å²) < 4.78 is 0. The largest absolute Gasteiger partial charge is 0.306 e. The van der Waals surface area contributed by atoms with Gasteiger partial charge in [-0.1, -0.05) is 19.9 Å². The topological polar surface area (TPSA) is 16.1 Å². The zero-order valence-corrected chi connectivity index (χ0v) is 9.90.